The van der Waals surface area contributed by atoms with Gasteiger partial charge in [0.15, 0.2) is 0 Å². The Kier molecular flexibility index (Phi) is 3.79. The first kappa shape index (κ1) is 14.2. The third-order valence-corrected chi connectivity index (χ3v) is 2.59. The number of carbonyl (C=O) groups is 2. The second-order valence-corrected chi connectivity index (χ2v) is 5.28. The number of carbonyl (C=O) groups excluding carboxylic acids is 1. The molecule has 0 aliphatic rings. The van der Waals surface area contributed by atoms with Crippen LogP contribution in [0.2, 0.25) is 0 Å². The molecule has 1 aromatic rings. The maximum Gasteiger partial charge on any atom is 0.323 e. The van der Waals surface area contributed by atoms with E-state index in [0.29, 0.717) is 5.56 Å². The van der Waals surface area contributed by atoms with E-state index in [-0.39, 0.29) is 18.0 Å². The summed E-state index contributed by atoms with van der Waals surface area (Å²) in [5.74, 6) is -1.36. The van der Waals surface area contributed by atoms with Crippen LogP contribution >= 0.6 is 0 Å². The molecule has 0 spiro atoms. The molecule has 1 amide bonds. The van der Waals surface area contributed by atoms with Crippen LogP contribution in [0.4, 0.5) is 0 Å². The topological polar surface area (TPSA) is 75.4 Å². The van der Waals surface area contributed by atoms with Crippen molar-refractivity contribution >= 4 is 11.9 Å². The molecule has 1 heterocycles. The summed E-state index contributed by atoms with van der Waals surface area (Å²) in [6.07, 6.45) is 1.49. The Bertz CT molecular complexity index is 471. The smallest absolute Gasteiger partial charge is 0.323 e. The molecule has 0 atom stereocenters. The summed E-state index contributed by atoms with van der Waals surface area (Å²) in [5, 5.41) is 12.9. The van der Waals surface area contributed by atoms with Gasteiger partial charge in [0.25, 0.3) is 5.91 Å². The van der Waals surface area contributed by atoms with E-state index in [1.807, 2.05) is 20.8 Å². The molecule has 0 unspecified atom stereocenters. The van der Waals surface area contributed by atoms with E-state index in [9.17, 15) is 9.59 Å². The van der Waals surface area contributed by atoms with Gasteiger partial charge in [0.05, 0.1) is 17.3 Å². The van der Waals surface area contributed by atoms with Gasteiger partial charge in [0, 0.05) is 12.7 Å². The SMILES string of the molecule is Cc1c(C(=O)N(C)CC(=O)O)cnn1C(C)(C)C. The van der Waals surface area contributed by atoms with Crippen molar-refractivity contribution in [3.05, 3.63) is 17.5 Å². The lowest BCUT2D eigenvalue weighted by Gasteiger charge is -2.22. The molecular weight excluding hydrogens is 234 g/mol. The summed E-state index contributed by atoms with van der Waals surface area (Å²) >= 11 is 0. The quantitative estimate of drug-likeness (QED) is 0.875. The van der Waals surface area contributed by atoms with E-state index in [4.69, 9.17) is 5.11 Å². The molecule has 1 aromatic heterocycles. The Morgan fingerprint density at radius 2 is 2.00 bits per heavy atom. The number of amides is 1. The van der Waals surface area contributed by atoms with Crippen LogP contribution in [0.3, 0.4) is 0 Å². The van der Waals surface area contributed by atoms with Gasteiger partial charge < -0.3 is 10.0 Å². The molecule has 0 aliphatic carbocycles. The zero-order valence-corrected chi connectivity index (χ0v) is 11.4. The standard InChI is InChI=1S/C12H19N3O3/c1-8-9(6-13-15(8)12(2,3)4)11(18)14(5)7-10(16)17/h6H,7H2,1-5H3,(H,16,17). The van der Waals surface area contributed by atoms with Crippen LogP contribution < -0.4 is 0 Å². The van der Waals surface area contributed by atoms with Crippen LogP contribution in [0.5, 0.6) is 0 Å². The van der Waals surface area contributed by atoms with Crippen molar-refractivity contribution in [3.63, 3.8) is 0 Å². The fourth-order valence-electron chi connectivity index (χ4n) is 1.78. The maximum absolute atomic E-state index is 12.1. The fraction of sp³-hybridized carbons (Fsp3) is 0.583. The van der Waals surface area contributed by atoms with E-state index in [1.54, 1.807) is 11.6 Å². The Hall–Kier alpha value is -1.85. The number of aliphatic carboxylic acids is 1. The second-order valence-electron chi connectivity index (χ2n) is 5.28. The highest BCUT2D eigenvalue weighted by molar-refractivity contribution is 5.96. The lowest BCUT2D eigenvalue weighted by molar-refractivity contribution is -0.137. The molecule has 0 bridgehead atoms. The van der Waals surface area contributed by atoms with Gasteiger partial charge in [0.2, 0.25) is 0 Å². The second kappa shape index (κ2) is 4.80. The first-order chi connectivity index (χ1) is 8.14. The molecular formula is C12H19N3O3. The number of likely N-dealkylation sites (N-methyl/N-ethyl adjacent to an activating group) is 1. The normalized spacial score (nSPS) is 11.4. The number of hydrogen-bond donors (Lipinski definition) is 1. The van der Waals surface area contributed by atoms with Gasteiger partial charge in [-0.2, -0.15) is 5.10 Å². The Balaban J connectivity index is 3.02. The lowest BCUT2D eigenvalue weighted by Crippen LogP contribution is -2.32. The Labute approximate surface area is 106 Å². The molecule has 0 aromatic carbocycles. The zero-order valence-electron chi connectivity index (χ0n) is 11.4. The van der Waals surface area contributed by atoms with Gasteiger partial charge in [0.1, 0.15) is 6.54 Å². The van der Waals surface area contributed by atoms with Crippen LogP contribution in [-0.2, 0) is 10.3 Å². The van der Waals surface area contributed by atoms with Gasteiger partial charge in [-0.05, 0) is 27.7 Å². The van der Waals surface area contributed by atoms with E-state index in [0.717, 1.165) is 5.69 Å². The molecule has 6 nitrogen and oxygen atoms in total. The predicted molar refractivity (Wildman–Crippen MR) is 66.6 cm³/mol. The minimum Gasteiger partial charge on any atom is -0.480 e. The van der Waals surface area contributed by atoms with Crippen molar-refractivity contribution in [2.75, 3.05) is 13.6 Å². The summed E-state index contributed by atoms with van der Waals surface area (Å²) in [6.45, 7) is 7.45. The van der Waals surface area contributed by atoms with Crippen molar-refractivity contribution in [1.82, 2.24) is 14.7 Å². The van der Waals surface area contributed by atoms with Crippen LogP contribution in [-0.4, -0.2) is 45.3 Å². The minimum absolute atomic E-state index is 0.214. The van der Waals surface area contributed by atoms with Gasteiger partial charge in [-0.15, -0.1) is 0 Å². The van der Waals surface area contributed by atoms with Gasteiger partial charge in [-0.1, -0.05) is 0 Å². The molecule has 0 radical (unpaired) electrons. The molecule has 1 rings (SSSR count). The van der Waals surface area contributed by atoms with E-state index >= 15 is 0 Å². The van der Waals surface area contributed by atoms with E-state index in [1.165, 1.54) is 18.1 Å². The summed E-state index contributed by atoms with van der Waals surface area (Å²) in [4.78, 5) is 23.8. The average molecular weight is 253 g/mol. The first-order valence-corrected chi connectivity index (χ1v) is 5.67. The van der Waals surface area contributed by atoms with Crippen molar-refractivity contribution < 1.29 is 14.7 Å². The minimum atomic E-state index is -1.04. The summed E-state index contributed by atoms with van der Waals surface area (Å²) in [5.41, 5.74) is 0.965. The highest BCUT2D eigenvalue weighted by Crippen LogP contribution is 2.19. The number of nitrogens with zero attached hydrogens (tertiary/aromatic N) is 3. The summed E-state index contributed by atoms with van der Waals surface area (Å²) in [6, 6.07) is 0. The van der Waals surface area contributed by atoms with Crippen molar-refractivity contribution in [2.24, 2.45) is 0 Å². The van der Waals surface area contributed by atoms with Gasteiger partial charge in [-0.25, -0.2) is 0 Å². The average Bonchev–Trinajstić information content (AvgIpc) is 2.57. The van der Waals surface area contributed by atoms with Crippen LogP contribution in [0.15, 0.2) is 6.20 Å². The van der Waals surface area contributed by atoms with Crippen molar-refractivity contribution in [3.8, 4) is 0 Å². The third kappa shape index (κ3) is 2.88. The number of aromatic nitrogens is 2. The first-order valence-electron chi connectivity index (χ1n) is 5.67. The lowest BCUT2D eigenvalue weighted by atomic mass is 10.1. The highest BCUT2D eigenvalue weighted by Gasteiger charge is 2.23. The fourth-order valence-corrected chi connectivity index (χ4v) is 1.78. The van der Waals surface area contributed by atoms with Crippen LogP contribution in [0, 0.1) is 6.92 Å². The van der Waals surface area contributed by atoms with Gasteiger partial charge in [-0.3, -0.25) is 14.3 Å². The molecule has 0 saturated heterocycles. The third-order valence-electron chi connectivity index (χ3n) is 2.59. The molecule has 0 fully saturated rings. The van der Waals surface area contributed by atoms with Crippen molar-refractivity contribution in [2.45, 2.75) is 33.2 Å². The Morgan fingerprint density at radius 3 is 2.39 bits per heavy atom. The van der Waals surface area contributed by atoms with Crippen molar-refractivity contribution in [1.29, 1.82) is 0 Å². The van der Waals surface area contributed by atoms with Gasteiger partial charge >= 0.3 is 5.97 Å². The van der Waals surface area contributed by atoms with E-state index < -0.39 is 5.97 Å². The molecule has 100 valence electrons. The summed E-state index contributed by atoms with van der Waals surface area (Å²) in [7, 11) is 1.46. The Morgan fingerprint density at radius 1 is 1.44 bits per heavy atom. The molecule has 0 saturated carbocycles. The molecule has 6 heteroatoms. The number of rotatable bonds is 3. The van der Waals surface area contributed by atoms with Crippen LogP contribution in [0.25, 0.3) is 0 Å². The zero-order chi connectivity index (χ0) is 14.1. The van der Waals surface area contributed by atoms with Crippen LogP contribution in [0.1, 0.15) is 36.8 Å². The maximum atomic E-state index is 12.1. The largest absolute Gasteiger partial charge is 0.480 e. The molecule has 1 N–H and O–H groups in total. The number of hydrogen-bond acceptors (Lipinski definition) is 3. The molecule has 18 heavy (non-hydrogen) atoms. The van der Waals surface area contributed by atoms with E-state index in [2.05, 4.69) is 5.10 Å². The summed E-state index contributed by atoms with van der Waals surface area (Å²) < 4.78 is 1.76. The number of carboxylic acid groups (broad SMARTS) is 1. The molecule has 0 aliphatic heterocycles. The predicted octanol–water partition coefficient (Wildman–Crippen LogP) is 1.10. The number of carboxylic acids is 1. The highest BCUT2D eigenvalue weighted by atomic mass is 16.4. The monoisotopic (exact) mass is 253 g/mol.